The van der Waals surface area contributed by atoms with Gasteiger partial charge in [-0.25, -0.2) is 4.98 Å². The van der Waals surface area contributed by atoms with E-state index in [9.17, 15) is 4.79 Å². The molecule has 0 saturated carbocycles. The summed E-state index contributed by atoms with van der Waals surface area (Å²) >= 11 is 15.2. The topological polar surface area (TPSA) is 81.9 Å². The zero-order valence-corrected chi connectivity index (χ0v) is 21.5. The van der Waals surface area contributed by atoms with Crippen LogP contribution in [0.5, 0.6) is 5.88 Å². The number of fused-ring (bicyclic) bond motifs is 1. The van der Waals surface area contributed by atoms with E-state index in [0.717, 1.165) is 16.2 Å². The summed E-state index contributed by atoms with van der Waals surface area (Å²) in [6.45, 7) is 5.53. The van der Waals surface area contributed by atoms with Crippen molar-refractivity contribution in [2.24, 2.45) is 0 Å². The van der Waals surface area contributed by atoms with Crippen molar-refractivity contribution in [3.63, 3.8) is 0 Å². The standard InChI is InChI=1S/C21H23Cl2N5O3S2/c1-12-6-17(16(23)8-15(12)22)33-11-18(29)27-4-5-30-14(9-27)10-31-19-7-13(2)24-20-25-21(32-3)26-28(19)20/h6-8,14H,4-5,9-11H2,1-3H3. The number of carbonyl (C=O) groups excluding carboxylic acids is 1. The Bertz CT molecular complexity index is 1180. The first-order valence-corrected chi connectivity index (χ1v) is 13.2. The van der Waals surface area contributed by atoms with Crippen LogP contribution < -0.4 is 4.74 Å². The average molecular weight is 528 g/mol. The molecule has 176 valence electrons. The number of rotatable bonds is 7. The van der Waals surface area contributed by atoms with Gasteiger partial charge in [0.05, 0.1) is 23.9 Å². The number of aryl methyl sites for hydroxylation is 2. The van der Waals surface area contributed by atoms with Crippen molar-refractivity contribution < 1.29 is 14.3 Å². The van der Waals surface area contributed by atoms with Gasteiger partial charge in [0.25, 0.3) is 5.78 Å². The third-order valence-electron chi connectivity index (χ3n) is 5.04. The Kier molecular flexibility index (Phi) is 7.91. The minimum atomic E-state index is -0.249. The molecule has 33 heavy (non-hydrogen) atoms. The molecule has 1 fully saturated rings. The molecule has 4 rings (SSSR count). The van der Waals surface area contributed by atoms with Crippen molar-refractivity contribution in [2.75, 3.05) is 38.3 Å². The largest absolute Gasteiger partial charge is 0.475 e. The van der Waals surface area contributed by atoms with Crippen LogP contribution in [-0.2, 0) is 9.53 Å². The van der Waals surface area contributed by atoms with Gasteiger partial charge < -0.3 is 14.4 Å². The summed E-state index contributed by atoms with van der Waals surface area (Å²) in [7, 11) is 0. The molecular formula is C21H23Cl2N5O3S2. The van der Waals surface area contributed by atoms with Gasteiger partial charge >= 0.3 is 0 Å². The van der Waals surface area contributed by atoms with Gasteiger partial charge in [0.15, 0.2) is 0 Å². The van der Waals surface area contributed by atoms with E-state index in [0.29, 0.717) is 46.6 Å². The number of ether oxygens (including phenoxy) is 2. The van der Waals surface area contributed by atoms with Crippen LogP contribution in [0.3, 0.4) is 0 Å². The summed E-state index contributed by atoms with van der Waals surface area (Å²) in [6, 6.07) is 5.43. The first-order valence-electron chi connectivity index (χ1n) is 10.2. The number of amides is 1. The van der Waals surface area contributed by atoms with E-state index in [4.69, 9.17) is 32.7 Å². The van der Waals surface area contributed by atoms with Gasteiger partial charge in [0.1, 0.15) is 12.7 Å². The van der Waals surface area contributed by atoms with Crippen LogP contribution in [-0.4, -0.2) is 74.8 Å². The number of halogens is 2. The molecule has 1 amide bonds. The molecule has 0 radical (unpaired) electrons. The normalized spacial score (nSPS) is 16.4. The summed E-state index contributed by atoms with van der Waals surface area (Å²) in [5.41, 5.74) is 1.71. The number of hydrogen-bond donors (Lipinski definition) is 0. The fourth-order valence-corrected chi connectivity index (χ4v) is 5.12. The van der Waals surface area contributed by atoms with Gasteiger partial charge in [-0.3, -0.25) is 4.79 Å². The monoisotopic (exact) mass is 527 g/mol. The van der Waals surface area contributed by atoms with Gasteiger partial charge in [-0.1, -0.05) is 35.0 Å². The van der Waals surface area contributed by atoms with Gasteiger partial charge in [0.2, 0.25) is 16.9 Å². The second-order valence-electron chi connectivity index (χ2n) is 7.51. The molecule has 0 bridgehead atoms. The maximum Gasteiger partial charge on any atom is 0.256 e. The first-order chi connectivity index (χ1) is 15.8. The molecule has 2 aromatic heterocycles. The molecule has 1 aliphatic heterocycles. The minimum absolute atomic E-state index is 0.0278. The highest BCUT2D eigenvalue weighted by Gasteiger charge is 2.25. The van der Waals surface area contributed by atoms with Crippen molar-refractivity contribution in [1.82, 2.24) is 24.5 Å². The lowest BCUT2D eigenvalue weighted by atomic mass is 10.2. The van der Waals surface area contributed by atoms with Crippen LogP contribution in [0.2, 0.25) is 10.0 Å². The van der Waals surface area contributed by atoms with Crippen molar-refractivity contribution in [3.05, 3.63) is 39.5 Å². The molecular weight excluding hydrogens is 505 g/mol. The lowest BCUT2D eigenvalue weighted by Gasteiger charge is -2.32. The fraction of sp³-hybridized carbons (Fsp3) is 0.429. The summed E-state index contributed by atoms with van der Waals surface area (Å²) in [5, 5.41) is 6.19. The molecule has 8 nitrogen and oxygen atoms in total. The third kappa shape index (κ3) is 5.86. The van der Waals surface area contributed by atoms with E-state index in [-0.39, 0.29) is 24.4 Å². The Morgan fingerprint density at radius 3 is 2.85 bits per heavy atom. The van der Waals surface area contributed by atoms with Gasteiger partial charge in [-0.15, -0.1) is 16.9 Å². The van der Waals surface area contributed by atoms with E-state index < -0.39 is 0 Å². The number of nitrogens with zero attached hydrogens (tertiary/aromatic N) is 5. The average Bonchev–Trinajstić information content (AvgIpc) is 3.22. The van der Waals surface area contributed by atoms with Crippen LogP contribution in [0.15, 0.2) is 28.3 Å². The number of hydrogen-bond acceptors (Lipinski definition) is 8. The van der Waals surface area contributed by atoms with Gasteiger partial charge in [0, 0.05) is 28.2 Å². The van der Waals surface area contributed by atoms with Crippen LogP contribution in [0.1, 0.15) is 11.3 Å². The van der Waals surface area contributed by atoms with E-state index in [1.807, 2.05) is 32.2 Å². The molecule has 1 saturated heterocycles. The first kappa shape index (κ1) is 24.4. The lowest BCUT2D eigenvalue weighted by Crippen LogP contribution is -2.48. The van der Waals surface area contributed by atoms with Crippen molar-refractivity contribution in [1.29, 1.82) is 0 Å². The summed E-state index contributed by atoms with van der Waals surface area (Å²) in [6.07, 6.45) is 1.66. The van der Waals surface area contributed by atoms with Crippen molar-refractivity contribution in [3.8, 4) is 5.88 Å². The maximum atomic E-state index is 12.8. The van der Waals surface area contributed by atoms with E-state index in [1.54, 1.807) is 15.5 Å². The summed E-state index contributed by atoms with van der Waals surface area (Å²) in [5.74, 6) is 1.35. The van der Waals surface area contributed by atoms with Crippen LogP contribution >= 0.6 is 46.7 Å². The molecule has 12 heteroatoms. The molecule has 3 heterocycles. The Morgan fingerprint density at radius 2 is 2.06 bits per heavy atom. The molecule has 0 N–H and O–H groups in total. The quantitative estimate of drug-likeness (QED) is 0.423. The minimum Gasteiger partial charge on any atom is -0.475 e. The Hall–Kier alpha value is -1.72. The number of benzene rings is 1. The highest BCUT2D eigenvalue weighted by Crippen LogP contribution is 2.32. The van der Waals surface area contributed by atoms with Gasteiger partial charge in [-0.05, 0) is 37.8 Å². The lowest BCUT2D eigenvalue weighted by molar-refractivity contribution is -0.137. The summed E-state index contributed by atoms with van der Waals surface area (Å²) in [4.78, 5) is 24.2. The second kappa shape index (κ2) is 10.7. The molecule has 1 unspecified atom stereocenters. The van der Waals surface area contributed by atoms with Crippen molar-refractivity contribution >= 4 is 58.4 Å². The van der Waals surface area contributed by atoms with Gasteiger partial charge in [-0.2, -0.15) is 9.50 Å². The highest BCUT2D eigenvalue weighted by atomic mass is 35.5. The predicted octanol–water partition coefficient (Wildman–Crippen LogP) is 4.17. The molecule has 1 aromatic carbocycles. The fourth-order valence-electron chi connectivity index (χ4n) is 3.32. The third-order valence-corrected chi connectivity index (χ3v) is 7.45. The zero-order valence-electron chi connectivity index (χ0n) is 18.4. The number of carbonyl (C=O) groups is 1. The van der Waals surface area contributed by atoms with E-state index >= 15 is 0 Å². The second-order valence-corrected chi connectivity index (χ2v) is 10.1. The number of aromatic nitrogens is 4. The smallest absolute Gasteiger partial charge is 0.256 e. The Morgan fingerprint density at radius 1 is 1.24 bits per heavy atom. The van der Waals surface area contributed by atoms with Crippen molar-refractivity contribution in [2.45, 2.75) is 30.0 Å². The van der Waals surface area contributed by atoms with Crippen LogP contribution in [0, 0.1) is 13.8 Å². The number of thioether (sulfide) groups is 2. The predicted molar refractivity (Wildman–Crippen MR) is 131 cm³/mol. The van der Waals surface area contributed by atoms with Crippen LogP contribution in [0.4, 0.5) is 0 Å². The van der Waals surface area contributed by atoms with Crippen LogP contribution in [0.25, 0.3) is 5.78 Å². The maximum absolute atomic E-state index is 12.8. The number of morpholine rings is 1. The molecule has 1 aliphatic rings. The summed E-state index contributed by atoms with van der Waals surface area (Å²) < 4.78 is 13.4. The molecule has 0 spiro atoms. The zero-order chi connectivity index (χ0) is 23.5. The SMILES string of the molecule is CSc1nc2nc(C)cc(OCC3CN(C(=O)CSc4cc(C)c(Cl)cc4Cl)CCO3)n2n1. The molecule has 1 atom stereocenters. The Labute approximate surface area is 210 Å². The van der Waals surface area contributed by atoms with E-state index in [2.05, 4.69) is 15.1 Å². The molecule has 3 aromatic rings. The Balaban J connectivity index is 1.35. The molecule has 0 aliphatic carbocycles. The highest BCUT2D eigenvalue weighted by molar-refractivity contribution is 8.00. The van der Waals surface area contributed by atoms with E-state index in [1.165, 1.54) is 23.5 Å².